The SMILES string of the molecule is COc1ccc(-c2ccc(C)cc2C(=O)O)cc1F. The summed E-state index contributed by atoms with van der Waals surface area (Å²) in [7, 11) is 1.38. The van der Waals surface area contributed by atoms with E-state index in [0.29, 0.717) is 11.1 Å². The first-order valence-corrected chi connectivity index (χ1v) is 5.71. The largest absolute Gasteiger partial charge is 0.494 e. The molecule has 0 aliphatic heterocycles. The van der Waals surface area contributed by atoms with E-state index in [2.05, 4.69) is 0 Å². The molecule has 0 aliphatic rings. The zero-order valence-corrected chi connectivity index (χ0v) is 10.6. The lowest BCUT2D eigenvalue weighted by Crippen LogP contribution is -2.00. The molecule has 0 atom stereocenters. The first-order chi connectivity index (χ1) is 9.02. The summed E-state index contributed by atoms with van der Waals surface area (Å²) in [6.07, 6.45) is 0. The lowest BCUT2D eigenvalue weighted by molar-refractivity contribution is 0.0697. The molecule has 2 aromatic carbocycles. The van der Waals surface area contributed by atoms with E-state index in [1.807, 2.05) is 6.92 Å². The van der Waals surface area contributed by atoms with Gasteiger partial charge >= 0.3 is 5.97 Å². The van der Waals surface area contributed by atoms with Crippen LogP contribution in [0.15, 0.2) is 36.4 Å². The van der Waals surface area contributed by atoms with Crippen LogP contribution < -0.4 is 4.74 Å². The number of benzene rings is 2. The zero-order valence-electron chi connectivity index (χ0n) is 10.6. The van der Waals surface area contributed by atoms with Gasteiger partial charge in [0.2, 0.25) is 0 Å². The smallest absolute Gasteiger partial charge is 0.336 e. The Morgan fingerprint density at radius 3 is 2.53 bits per heavy atom. The number of halogens is 1. The fourth-order valence-electron chi connectivity index (χ4n) is 1.92. The van der Waals surface area contributed by atoms with Gasteiger partial charge in [-0.3, -0.25) is 0 Å². The average Bonchev–Trinajstić information content (AvgIpc) is 2.38. The Morgan fingerprint density at radius 2 is 1.95 bits per heavy atom. The van der Waals surface area contributed by atoms with Gasteiger partial charge in [-0.2, -0.15) is 0 Å². The zero-order chi connectivity index (χ0) is 14.0. The Balaban J connectivity index is 2.58. The average molecular weight is 260 g/mol. The van der Waals surface area contributed by atoms with E-state index >= 15 is 0 Å². The highest BCUT2D eigenvalue weighted by molar-refractivity contribution is 5.96. The number of carboxylic acids is 1. The Hall–Kier alpha value is -2.36. The maximum absolute atomic E-state index is 13.7. The van der Waals surface area contributed by atoms with Crippen LogP contribution in [0.2, 0.25) is 0 Å². The van der Waals surface area contributed by atoms with E-state index in [0.717, 1.165) is 5.56 Å². The second-order valence-corrected chi connectivity index (χ2v) is 4.20. The van der Waals surface area contributed by atoms with Crippen LogP contribution in [-0.2, 0) is 0 Å². The maximum Gasteiger partial charge on any atom is 0.336 e. The number of rotatable bonds is 3. The van der Waals surface area contributed by atoms with Crippen molar-refractivity contribution in [3.8, 4) is 16.9 Å². The lowest BCUT2D eigenvalue weighted by atomic mass is 9.97. The molecule has 2 aromatic rings. The molecule has 4 heteroatoms. The second-order valence-electron chi connectivity index (χ2n) is 4.20. The Kier molecular flexibility index (Phi) is 3.51. The third-order valence-electron chi connectivity index (χ3n) is 2.87. The van der Waals surface area contributed by atoms with E-state index in [1.54, 1.807) is 24.3 Å². The number of ether oxygens (including phenoxy) is 1. The molecular weight excluding hydrogens is 247 g/mol. The lowest BCUT2D eigenvalue weighted by Gasteiger charge is -2.09. The number of hydrogen-bond acceptors (Lipinski definition) is 2. The van der Waals surface area contributed by atoms with Gasteiger partial charge < -0.3 is 9.84 Å². The van der Waals surface area contributed by atoms with Gasteiger partial charge in [0, 0.05) is 0 Å². The quantitative estimate of drug-likeness (QED) is 0.918. The van der Waals surface area contributed by atoms with Crippen LogP contribution in [0.25, 0.3) is 11.1 Å². The Morgan fingerprint density at radius 1 is 1.21 bits per heavy atom. The van der Waals surface area contributed by atoms with Gasteiger partial charge in [-0.25, -0.2) is 9.18 Å². The number of carbonyl (C=O) groups is 1. The fraction of sp³-hybridized carbons (Fsp3) is 0.133. The van der Waals surface area contributed by atoms with Crippen molar-refractivity contribution in [2.75, 3.05) is 7.11 Å². The summed E-state index contributed by atoms with van der Waals surface area (Å²) >= 11 is 0. The van der Waals surface area contributed by atoms with Crippen molar-refractivity contribution in [1.82, 2.24) is 0 Å². The summed E-state index contributed by atoms with van der Waals surface area (Å²) in [5, 5.41) is 9.20. The molecule has 0 spiro atoms. The fourth-order valence-corrected chi connectivity index (χ4v) is 1.92. The topological polar surface area (TPSA) is 46.5 Å². The standard InChI is InChI=1S/C15H13FO3/c1-9-3-5-11(12(7-9)15(17)18)10-4-6-14(19-2)13(16)8-10/h3-8H,1-2H3,(H,17,18). The van der Waals surface area contributed by atoms with Crippen molar-refractivity contribution >= 4 is 5.97 Å². The second kappa shape index (κ2) is 5.10. The molecule has 0 aliphatic carbocycles. The third-order valence-corrected chi connectivity index (χ3v) is 2.87. The molecule has 2 rings (SSSR count). The van der Waals surface area contributed by atoms with Gasteiger partial charge in [0.25, 0.3) is 0 Å². The van der Waals surface area contributed by atoms with Gasteiger partial charge in [0.1, 0.15) is 0 Å². The van der Waals surface area contributed by atoms with Crippen molar-refractivity contribution in [2.24, 2.45) is 0 Å². The van der Waals surface area contributed by atoms with Gasteiger partial charge in [-0.15, -0.1) is 0 Å². The molecule has 19 heavy (non-hydrogen) atoms. The molecule has 0 heterocycles. The first kappa shape index (κ1) is 13.1. The molecule has 0 amide bonds. The highest BCUT2D eigenvalue weighted by Crippen LogP contribution is 2.28. The minimum atomic E-state index is -1.03. The van der Waals surface area contributed by atoms with Crippen LogP contribution in [0.3, 0.4) is 0 Å². The van der Waals surface area contributed by atoms with Gasteiger partial charge in [-0.05, 0) is 36.2 Å². The van der Waals surface area contributed by atoms with E-state index in [1.165, 1.54) is 19.2 Å². The van der Waals surface area contributed by atoms with E-state index in [9.17, 15) is 14.3 Å². The number of hydrogen-bond donors (Lipinski definition) is 1. The molecule has 0 fully saturated rings. The summed E-state index contributed by atoms with van der Waals surface area (Å²) in [6.45, 7) is 1.81. The first-order valence-electron chi connectivity index (χ1n) is 5.71. The van der Waals surface area contributed by atoms with Crippen LogP contribution in [0.4, 0.5) is 4.39 Å². The number of aromatic carboxylic acids is 1. The molecule has 0 radical (unpaired) electrons. The van der Waals surface area contributed by atoms with Gasteiger partial charge in [0.05, 0.1) is 12.7 Å². The van der Waals surface area contributed by atoms with Crippen molar-refractivity contribution in [3.05, 3.63) is 53.3 Å². The summed E-state index contributed by atoms with van der Waals surface area (Å²) < 4.78 is 18.5. The third kappa shape index (κ3) is 2.57. The predicted molar refractivity (Wildman–Crippen MR) is 70.1 cm³/mol. The molecule has 3 nitrogen and oxygen atoms in total. The molecule has 1 N–H and O–H groups in total. The van der Waals surface area contributed by atoms with E-state index in [4.69, 9.17) is 4.74 Å². The molecule has 0 saturated carbocycles. The molecule has 0 aromatic heterocycles. The highest BCUT2D eigenvalue weighted by Gasteiger charge is 2.13. The number of carboxylic acid groups (broad SMARTS) is 1. The summed E-state index contributed by atoms with van der Waals surface area (Å²) in [5.74, 6) is -1.42. The van der Waals surface area contributed by atoms with E-state index < -0.39 is 11.8 Å². The number of methoxy groups -OCH3 is 1. The van der Waals surface area contributed by atoms with Crippen LogP contribution in [-0.4, -0.2) is 18.2 Å². The summed E-state index contributed by atoms with van der Waals surface area (Å²) in [5.41, 5.74) is 2.00. The van der Waals surface area contributed by atoms with E-state index in [-0.39, 0.29) is 11.3 Å². The van der Waals surface area contributed by atoms with Gasteiger partial charge in [0.15, 0.2) is 11.6 Å². The van der Waals surface area contributed by atoms with Crippen LogP contribution in [0.1, 0.15) is 15.9 Å². The minimum absolute atomic E-state index is 0.132. The molecule has 98 valence electrons. The van der Waals surface area contributed by atoms with Gasteiger partial charge in [-0.1, -0.05) is 23.8 Å². The molecule has 0 saturated heterocycles. The maximum atomic E-state index is 13.7. The highest BCUT2D eigenvalue weighted by atomic mass is 19.1. The van der Waals surface area contributed by atoms with Crippen molar-refractivity contribution in [2.45, 2.75) is 6.92 Å². The monoisotopic (exact) mass is 260 g/mol. The summed E-state index contributed by atoms with van der Waals surface area (Å²) in [6, 6.07) is 9.44. The minimum Gasteiger partial charge on any atom is -0.494 e. The normalized spacial score (nSPS) is 10.3. The van der Waals surface area contributed by atoms with Crippen LogP contribution >= 0.6 is 0 Å². The molecular formula is C15H13FO3. The molecule has 0 unspecified atom stereocenters. The molecule has 0 bridgehead atoms. The van der Waals surface area contributed by atoms with Crippen LogP contribution in [0, 0.1) is 12.7 Å². The van der Waals surface area contributed by atoms with Crippen molar-refractivity contribution in [3.63, 3.8) is 0 Å². The Labute approximate surface area is 110 Å². The van der Waals surface area contributed by atoms with Crippen molar-refractivity contribution < 1.29 is 19.0 Å². The van der Waals surface area contributed by atoms with Crippen molar-refractivity contribution in [1.29, 1.82) is 0 Å². The number of aryl methyl sites for hydroxylation is 1. The Bertz CT molecular complexity index is 635. The van der Waals surface area contributed by atoms with Crippen LogP contribution in [0.5, 0.6) is 5.75 Å². The predicted octanol–water partition coefficient (Wildman–Crippen LogP) is 3.51. The summed E-state index contributed by atoms with van der Waals surface area (Å²) in [4.78, 5) is 11.2.